The van der Waals surface area contributed by atoms with Crippen molar-refractivity contribution in [3.63, 3.8) is 0 Å². The Labute approximate surface area is 156 Å². The Morgan fingerprint density at radius 3 is 2.26 bits per heavy atom. The van der Waals surface area contributed by atoms with E-state index >= 15 is 0 Å². The maximum atomic E-state index is 13.7. The SMILES string of the molecule is CC(C)[C@H](NC(=O)c1ccccc1F)C(=O)OCc1ccc(C(N)=O)cc1. The van der Waals surface area contributed by atoms with Gasteiger partial charge in [-0.1, -0.05) is 38.1 Å². The van der Waals surface area contributed by atoms with Crippen LogP contribution in [0.15, 0.2) is 48.5 Å². The number of esters is 1. The fourth-order valence-electron chi connectivity index (χ4n) is 2.37. The summed E-state index contributed by atoms with van der Waals surface area (Å²) in [5.74, 6) is -2.79. The third-order valence-corrected chi connectivity index (χ3v) is 3.95. The second kappa shape index (κ2) is 8.93. The molecule has 0 fully saturated rings. The molecule has 0 bridgehead atoms. The van der Waals surface area contributed by atoms with E-state index in [1.807, 2.05) is 0 Å². The van der Waals surface area contributed by atoms with Crippen LogP contribution in [0.2, 0.25) is 0 Å². The summed E-state index contributed by atoms with van der Waals surface area (Å²) in [5, 5.41) is 2.52. The molecule has 0 aromatic heterocycles. The molecule has 3 N–H and O–H groups in total. The van der Waals surface area contributed by atoms with Crippen molar-refractivity contribution >= 4 is 17.8 Å². The number of hydrogen-bond acceptors (Lipinski definition) is 4. The molecule has 0 radical (unpaired) electrons. The standard InChI is InChI=1S/C20H21FN2O4/c1-12(2)17(23-19(25)15-5-3-4-6-16(15)21)20(26)27-11-13-7-9-14(10-8-13)18(22)24/h3-10,12,17H,11H2,1-2H3,(H2,22,24)(H,23,25)/t17-/m0/s1. The summed E-state index contributed by atoms with van der Waals surface area (Å²) in [7, 11) is 0. The number of carbonyl (C=O) groups excluding carboxylic acids is 3. The Morgan fingerprint density at radius 2 is 1.70 bits per heavy atom. The van der Waals surface area contributed by atoms with Crippen LogP contribution in [-0.2, 0) is 16.1 Å². The number of rotatable bonds is 7. The molecule has 0 saturated heterocycles. The van der Waals surface area contributed by atoms with E-state index in [9.17, 15) is 18.8 Å². The predicted octanol–water partition coefficient (Wildman–Crippen LogP) is 2.42. The average molecular weight is 372 g/mol. The van der Waals surface area contributed by atoms with E-state index in [2.05, 4.69) is 5.32 Å². The molecular weight excluding hydrogens is 351 g/mol. The Morgan fingerprint density at radius 1 is 1.07 bits per heavy atom. The molecule has 0 saturated carbocycles. The Hall–Kier alpha value is -3.22. The summed E-state index contributed by atoms with van der Waals surface area (Å²) in [6, 6.07) is 10.9. The third kappa shape index (κ3) is 5.37. The molecule has 7 heteroatoms. The molecule has 0 aliphatic carbocycles. The minimum absolute atomic E-state index is 0.0311. The van der Waals surface area contributed by atoms with Gasteiger partial charge in [-0.3, -0.25) is 9.59 Å². The first-order valence-electron chi connectivity index (χ1n) is 8.40. The lowest BCUT2D eigenvalue weighted by Crippen LogP contribution is -2.45. The molecule has 0 aliphatic rings. The summed E-state index contributed by atoms with van der Waals surface area (Å²) >= 11 is 0. The van der Waals surface area contributed by atoms with E-state index in [4.69, 9.17) is 10.5 Å². The topological polar surface area (TPSA) is 98.5 Å². The quantitative estimate of drug-likeness (QED) is 0.729. The molecule has 2 aromatic rings. The summed E-state index contributed by atoms with van der Waals surface area (Å²) in [4.78, 5) is 35.7. The largest absolute Gasteiger partial charge is 0.459 e. The van der Waals surface area contributed by atoms with Gasteiger partial charge >= 0.3 is 5.97 Å². The van der Waals surface area contributed by atoms with Gasteiger partial charge in [-0.2, -0.15) is 0 Å². The lowest BCUT2D eigenvalue weighted by atomic mass is 10.0. The second-order valence-electron chi connectivity index (χ2n) is 6.34. The van der Waals surface area contributed by atoms with Gasteiger partial charge in [0.15, 0.2) is 0 Å². The van der Waals surface area contributed by atoms with Crippen molar-refractivity contribution in [1.29, 1.82) is 0 Å². The zero-order valence-electron chi connectivity index (χ0n) is 15.1. The lowest BCUT2D eigenvalue weighted by molar-refractivity contribution is -0.148. The lowest BCUT2D eigenvalue weighted by Gasteiger charge is -2.21. The van der Waals surface area contributed by atoms with Crippen LogP contribution >= 0.6 is 0 Å². The predicted molar refractivity (Wildman–Crippen MR) is 97.2 cm³/mol. The normalized spacial score (nSPS) is 11.7. The molecule has 6 nitrogen and oxygen atoms in total. The van der Waals surface area contributed by atoms with Crippen molar-refractivity contribution in [2.75, 3.05) is 0 Å². The molecule has 1 atom stereocenters. The van der Waals surface area contributed by atoms with Crippen molar-refractivity contribution in [3.05, 3.63) is 71.0 Å². The van der Waals surface area contributed by atoms with Crippen molar-refractivity contribution in [2.24, 2.45) is 11.7 Å². The summed E-state index contributed by atoms with van der Waals surface area (Å²) in [5.41, 5.74) is 6.04. The van der Waals surface area contributed by atoms with Crippen molar-refractivity contribution in [2.45, 2.75) is 26.5 Å². The number of halogens is 1. The Bertz CT molecular complexity index is 834. The maximum Gasteiger partial charge on any atom is 0.329 e. The van der Waals surface area contributed by atoms with Crippen LogP contribution in [0.3, 0.4) is 0 Å². The zero-order chi connectivity index (χ0) is 20.0. The molecule has 2 rings (SSSR count). The van der Waals surface area contributed by atoms with Crippen molar-refractivity contribution in [3.8, 4) is 0 Å². The van der Waals surface area contributed by atoms with Crippen molar-refractivity contribution in [1.82, 2.24) is 5.32 Å². The number of benzene rings is 2. The smallest absolute Gasteiger partial charge is 0.329 e. The molecule has 2 amide bonds. The van der Waals surface area contributed by atoms with E-state index in [1.165, 1.54) is 36.4 Å². The van der Waals surface area contributed by atoms with E-state index in [0.717, 1.165) is 0 Å². The summed E-state index contributed by atoms with van der Waals surface area (Å²) < 4.78 is 19.0. The van der Waals surface area contributed by atoms with Gasteiger partial charge in [0.1, 0.15) is 18.5 Å². The first-order chi connectivity index (χ1) is 12.8. The maximum absolute atomic E-state index is 13.7. The van der Waals surface area contributed by atoms with Gasteiger partial charge in [0, 0.05) is 5.56 Å². The van der Waals surface area contributed by atoms with Gasteiger partial charge in [-0.25, -0.2) is 9.18 Å². The minimum atomic E-state index is -0.929. The number of nitrogens with one attached hydrogen (secondary N) is 1. The molecule has 2 aromatic carbocycles. The van der Waals surface area contributed by atoms with Crippen LogP contribution in [0.4, 0.5) is 4.39 Å². The van der Waals surface area contributed by atoms with Crippen LogP contribution < -0.4 is 11.1 Å². The third-order valence-electron chi connectivity index (χ3n) is 3.95. The van der Waals surface area contributed by atoms with Gasteiger partial charge in [-0.05, 0) is 35.7 Å². The highest BCUT2D eigenvalue weighted by atomic mass is 19.1. The average Bonchev–Trinajstić information content (AvgIpc) is 2.64. The van der Waals surface area contributed by atoms with Gasteiger partial charge in [0.25, 0.3) is 5.91 Å². The van der Waals surface area contributed by atoms with Gasteiger partial charge in [0.05, 0.1) is 5.56 Å². The number of carbonyl (C=O) groups is 3. The number of primary amides is 1. The second-order valence-corrected chi connectivity index (χ2v) is 6.34. The molecule has 142 valence electrons. The van der Waals surface area contributed by atoms with E-state index in [0.29, 0.717) is 11.1 Å². The van der Waals surface area contributed by atoms with Gasteiger partial charge in [0.2, 0.25) is 5.91 Å². The molecule has 27 heavy (non-hydrogen) atoms. The van der Waals surface area contributed by atoms with Crippen LogP contribution in [0, 0.1) is 11.7 Å². The van der Waals surface area contributed by atoms with Crippen LogP contribution in [-0.4, -0.2) is 23.8 Å². The minimum Gasteiger partial charge on any atom is -0.459 e. The van der Waals surface area contributed by atoms with E-state index in [-0.39, 0.29) is 18.1 Å². The van der Waals surface area contributed by atoms with Crippen molar-refractivity contribution < 1.29 is 23.5 Å². The monoisotopic (exact) mass is 372 g/mol. The highest BCUT2D eigenvalue weighted by molar-refractivity contribution is 5.97. The Balaban J connectivity index is 2.01. The van der Waals surface area contributed by atoms with Gasteiger partial charge in [-0.15, -0.1) is 0 Å². The summed E-state index contributed by atoms with van der Waals surface area (Å²) in [6.07, 6.45) is 0. The first-order valence-corrected chi connectivity index (χ1v) is 8.40. The highest BCUT2D eigenvalue weighted by Gasteiger charge is 2.27. The van der Waals surface area contributed by atoms with Crippen LogP contribution in [0.25, 0.3) is 0 Å². The molecule has 0 aliphatic heterocycles. The molecule has 0 spiro atoms. The Kier molecular flexibility index (Phi) is 6.65. The first kappa shape index (κ1) is 20.1. The van der Waals surface area contributed by atoms with E-state index < -0.39 is 29.6 Å². The van der Waals surface area contributed by atoms with Crippen LogP contribution in [0.1, 0.15) is 40.1 Å². The number of hydrogen-bond donors (Lipinski definition) is 2. The number of ether oxygens (including phenoxy) is 1. The van der Waals surface area contributed by atoms with Crippen LogP contribution in [0.5, 0.6) is 0 Å². The fourth-order valence-corrected chi connectivity index (χ4v) is 2.37. The molecular formula is C20H21FN2O4. The highest BCUT2D eigenvalue weighted by Crippen LogP contribution is 2.11. The number of nitrogens with two attached hydrogens (primary N) is 1. The fraction of sp³-hybridized carbons (Fsp3) is 0.250. The van der Waals surface area contributed by atoms with Gasteiger partial charge < -0.3 is 15.8 Å². The van der Waals surface area contributed by atoms with E-state index in [1.54, 1.807) is 26.0 Å². The number of amides is 2. The zero-order valence-corrected chi connectivity index (χ0v) is 15.1. The molecule has 0 heterocycles. The molecule has 0 unspecified atom stereocenters. The summed E-state index contributed by atoms with van der Waals surface area (Å²) in [6.45, 7) is 3.46.